The molecule has 3 aromatic carbocycles. The zero-order valence-corrected chi connectivity index (χ0v) is 91.9. The minimum absolute atomic E-state index is 0. The molecule has 8 aromatic heterocycles. The Morgan fingerprint density at radius 1 is 0.388 bits per heavy atom. The molecule has 0 radical (unpaired) electrons. The summed E-state index contributed by atoms with van der Waals surface area (Å²) >= 11 is 22.0. The number of carboxylic acids is 1. The number of nitrogens with one attached hydrogen (secondary N) is 2. The standard InChI is InChI=1S/C29H37N3O4S2.C24H29N3O2S2.C18H24N2O3S2.C17H22N2O3S2.C11H16N2O2.CH2Cl2.CH4.Na.H2O/c1-19(2)17-24-25(32-27(38-24)26-30-15-16-37-26)23(34)14-8-6-7-12-21(33)18-20-11-9-10-13-22(20)31-28(35)36-29(3,4)5;1-16(2)14-21-22(27-24(31-21)23-26-12-13-30-23)20(29)11-5-3-4-9-18(28)15-17-8-6-7-10-19(17)25;1-12(2)11-14-16(20-18(25-14)17-19-9-10-24-17)13(21)7-5-4-6-8-15(22)23-3;1-11(2)10-13-15(12(20)6-4-3-5-7-14(21)22)19-17(24-13)16-18-8-9-23-16;1-11(2,3)15-10(14)13-9-7-5-4-6-8(9)12;2-1-3;;;/h9-11,13,15-16,19H,6-8,12,14,17-18H2,1-5H3,(H,31,35);6-8,10,12-13,16H,3-5,9,11,14-15,25H2,1-2H3;9-10,12H,4-8,11H2,1-3H3;8-9,11H,3-7,10H2,1-2H3,(H,21,22);4-7H,12H2,1-3H3,(H,13,14);1H2;1H4;;1H2/q;;;;;;;+1;/p-1. The van der Waals surface area contributed by atoms with Crippen molar-refractivity contribution in [3.05, 3.63) is 173 Å². The number of benzene rings is 3. The van der Waals surface area contributed by atoms with Crippen molar-refractivity contribution in [2.75, 3.05) is 34.5 Å². The van der Waals surface area contributed by atoms with Crippen LogP contribution in [0.1, 0.15) is 305 Å². The Bertz CT molecular complexity index is 5510. The van der Waals surface area contributed by atoms with Gasteiger partial charge in [0.25, 0.3) is 0 Å². The van der Waals surface area contributed by atoms with E-state index in [1.165, 1.54) is 41.1 Å². The fourth-order valence-electron chi connectivity index (χ4n) is 13.1. The van der Waals surface area contributed by atoms with Gasteiger partial charge in [0.05, 0.1) is 23.8 Å². The molecule has 2 amide bonds. The third-order valence-electron chi connectivity index (χ3n) is 19.3. The van der Waals surface area contributed by atoms with E-state index in [1.807, 2.05) is 64.0 Å². The van der Waals surface area contributed by atoms with Crippen molar-refractivity contribution in [3.8, 4) is 40.1 Å². The number of halogens is 2. The number of nitrogens with zero attached hydrogens (tertiary/aromatic N) is 8. The Morgan fingerprint density at radius 3 is 0.950 bits per heavy atom. The van der Waals surface area contributed by atoms with Crippen LogP contribution in [-0.4, -0.2) is 133 Å². The van der Waals surface area contributed by atoms with Gasteiger partial charge in [-0.05, 0) is 178 Å². The summed E-state index contributed by atoms with van der Waals surface area (Å²) in [6.07, 6.45) is 22.3. The third kappa shape index (κ3) is 48.3. The van der Waals surface area contributed by atoms with Gasteiger partial charge < -0.3 is 36.3 Å². The quantitative estimate of drug-likeness (QED) is 0.00450. The number of Topliss-reactive ketones (excluding diaryl/α,β-unsaturated/α-hetero) is 6. The molecule has 0 fully saturated rings. The van der Waals surface area contributed by atoms with Gasteiger partial charge in [0, 0.05) is 141 Å². The maximum atomic E-state index is 13.0. The van der Waals surface area contributed by atoms with Crippen LogP contribution < -0.4 is 51.7 Å². The van der Waals surface area contributed by atoms with Crippen LogP contribution in [-0.2, 0) is 71.9 Å². The van der Waals surface area contributed by atoms with E-state index in [2.05, 4.69) is 111 Å². The molecule has 8 heterocycles. The summed E-state index contributed by atoms with van der Waals surface area (Å²) in [6.45, 7) is 27.9. The smallest absolute Gasteiger partial charge is 0.870 e. The minimum Gasteiger partial charge on any atom is -0.870 e. The molecule has 0 aliphatic heterocycles. The molecule has 0 saturated carbocycles. The third-order valence-corrected chi connectivity index (χ3v) is 27.3. The molecule has 27 nitrogen and oxygen atoms in total. The molecule has 0 aliphatic rings. The molecular formula is C101H135Cl2N12NaO15S8. The summed E-state index contributed by atoms with van der Waals surface area (Å²) in [6, 6.07) is 21.8. The first-order valence-electron chi connectivity index (χ1n) is 45.6. The molecule has 11 aromatic rings. The predicted molar refractivity (Wildman–Crippen MR) is 567 cm³/mol. The number of carbonyl (C=O) groups is 10. The van der Waals surface area contributed by atoms with Gasteiger partial charge in [0.1, 0.15) is 45.5 Å². The molecule has 8 N–H and O–H groups in total. The number of amides is 2. The van der Waals surface area contributed by atoms with E-state index < -0.39 is 29.4 Å². The first-order chi connectivity index (χ1) is 64.7. The number of ketones is 6. The number of hydrogen-bond donors (Lipinski definition) is 5. The number of carboxylic acid groups (broad SMARTS) is 1. The monoisotopic (exact) mass is 2100 g/mol. The van der Waals surface area contributed by atoms with Crippen molar-refractivity contribution >= 4 is 195 Å². The number of esters is 1. The fraction of sp³-hybridized carbons (Fsp3) is 0.485. The van der Waals surface area contributed by atoms with E-state index >= 15 is 0 Å². The van der Waals surface area contributed by atoms with Crippen LogP contribution in [0.5, 0.6) is 0 Å². The Balaban J connectivity index is 0.000000452. The van der Waals surface area contributed by atoms with Crippen LogP contribution in [0.2, 0.25) is 0 Å². The van der Waals surface area contributed by atoms with Crippen LogP contribution >= 0.6 is 114 Å². The Morgan fingerprint density at radius 2 is 0.662 bits per heavy atom. The summed E-state index contributed by atoms with van der Waals surface area (Å²) in [7, 11) is 1.39. The summed E-state index contributed by atoms with van der Waals surface area (Å²) in [5, 5.41) is 28.5. The predicted octanol–water partition coefficient (Wildman–Crippen LogP) is 24.7. The molecule has 11 rings (SSSR count). The van der Waals surface area contributed by atoms with Crippen molar-refractivity contribution in [2.45, 2.75) is 283 Å². The summed E-state index contributed by atoms with van der Waals surface area (Å²) < 4.78 is 15.0. The van der Waals surface area contributed by atoms with Gasteiger partial charge in [-0.2, -0.15) is 0 Å². The van der Waals surface area contributed by atoms with Crippen LogP contribution in [0.3, 0.4) is 0 Å². The summed E-state index contributed by atoms with van der Waals surface area (Å²) in [4.78, 5) is 161. The molecule has 0 spiro atoms. The van der Waals surface area contributed by atoms with Gasteiger partial charge in [0.2, 0.25) is 0 Å². The number of ether oxygens (including phenoxy) is 3. The van der Waals surface area contributed by atoms with Gasteiger partial charge in [-0.15, -0.1) is 114 Å². The van der Waals surface area contributed by atoms with Crippen molar-refractivity contribution in [3.63, 3.8) is 0 Å². The van der Waals surface area contributed by atoms with Gasteiger partial charge in [-0.1, -0.05) is 137 Å². The second-order valence-corrected chi connectivity index (χ2v) is 44.3. The Hall–Kier alpha value is -8.66. The number of anilines is 4. The van der Waals surface area contributed by atoms with Crippen LogP contribution in [0.4, 0.5) is 32.3 Å². The van der Waals surface area contributed by atoms with Gasteiger partial charge in [-0.25, -0.2) is 49.5 Å². The molecule has 0 saturated heterocycles. The van der Waals surface area contributed by atoms with E-state index in [-0.39, 0.29) is 101 Å². The molecule has 38 heteroatoms. The van der Waals surface area contributed by atoms with Gasteiger partial charge >= 0.3 is 53.7 Å². The second kappa shape index (κ2) is 66.2. The number of para-hydroxylation sites is 4. The van der Waals surface area contributed by atoms with Crippen molar-refractivity contribution in [1.82, 2.24) is 39.9 Å². The van der Waals surface area contributed by atoms with Gasteiger partial charge in [0.15, 0.2) is 63.2 Å². The van der Waals surface area contributed by atoms with E-state index in [9.17, 15) is 47.9 Å². The molecular weight excluding hydrogens is 1970 g/mol. The van der Waals surface area contributed by atoms with E-state index in [0.717, 1.165) is 148 Å². The fourth-order valence-corrected chi connectivity index (χ4v) is 21.0. The van der Waals surface area contributed by atoms with E-state index in [0.29, 0.717) is 146 Å². The number of rotatable bonds is 46. The largest absolute Gasteiger partial charge is 1.00 e. The second-order valence-electron chi connectivity index (χ2n) is 35.5. The molecule has 0 aliphatic carbocycles. The SMILES string of the molecule is C.CC(C)(C)OC(=O)Nc1ccccc1N.CC(C)Cc1sc(-c2nccs2)nc1C(=O)CCCCCC(=O)Cc1ccccc1N.CC(C)Cc1sc(-c2nccs2)nc1C(=O)CCCCCC(=O)Cc1ccccc1NC(=O)OC(C)(C)C.CC(C)Cc1sc(-c2nccs2)nc1C(=O)CCCCCC(=O)O.COC(=O)CCCCCC(=O)c1nc(-c2nccs2)sc1CC(C)C.ClCCl.[Na+].[OH-]. The number of unbranched alkanes of at least 4 members (excludes halogenated alkanes) is 8. The average Bonchev–Trinajstić information content (AvgIpc) is 1.69. The number of alkyl halides is 2. The molecule has 139 heavy (non-hydrogen) atoms. The Labute approximate surface area is 882 Å². The number of aliphatic carboxylic acids is 1. The van der Waals surface area contributed by atoms with Crippen molar-refractivity contribution in [2.24, 2.45) is 23.7 Å². The number of thiazole rings is 8. The Kier molecular flexibility index (Phi) is 59.3. The normalized spacial score (nSPS) is 10.9. The van der Waals surface area contributed by atoms with Crippen molar-refractivity contribution < 1.29 is 102 Å². The first-order valence-corrected chi connectivity index (χ1v) is 53.5. The molecule has 0 atom stereocenters. The summed E-state index contributed by atoms with van der Waals surface area (Å²) in [5.41, 5.74) is 16.8. The van der Waals surface area contributed by atoms with Crippen LogP contribution in [0.25, 0.3) is 40.1 Å². The maximum absolute atomic E-state index is 13.0. The minimum atomic E-state index is -0.784. The topological polar surface area (TPSA) is 428 Å². The van der Waals surface area contributed by atoms with Crippen LogP contribution in [0.15, 0.2) is 119 Å². The van der Waals surface area contributed by atoms with Gasteiger partial charge in [-0.3, -0.25) is 49.0 Å². The van der Waals surface area contributed by atoms with Crippen LogP contribution in [0, 0.1) is 23.7 Å². The summed E-state index contributed by atoms with van der Waals surface area (Å²) in [5.74, 6) is 1.43. The molecule has 0 unspecified atom stereocenters. The number of nitrogens with two attached hydrogens (primary N) is 2. The number of carbonyl (C=O) groups excluding carboxylic acids is 9. The average molecular weight is 2110 g/mol. The zero-order chi connectivity index (χ0) is 99.9. The number of methoxy groups -OCH3 is 1. The number of aromatic nitrogens is 8. The zero-order valence-electron chi connectivity index (χ0n) is 81.9. The number of hydrogen-bond acceptors (Lipinski definition) is 32. The van der Waals surface area contributed by atoms with Crippen molar-refractivity contribution in [1.29, 1.82) is 0 Å². The van der Waals surface area contributed by atoms with E-state index in [4.69, 9.17) is 49.2 Å². The first kappa shape index (κ1) is 124. The molecule has 0 bridgehead atoms. The molecule has 752 valence electrons. The van der Waals surface area contributed by atoms with E-state index in [1.54, 1.807) is 153 Å². The number of nitrogen functional groups attached to an aromatic ring is 2. The maximum Gasteiger partial charge on any atom is 1.00 e.